The molecule has 0 unspecified atom stereocenters. The molecule has 1 aromatic heterocycles. The highest BCUT2D eigenvalue weighted by atomic mass is 32.2. The van der Waals surface area contributed by atoms with Gasteiger partial charge >= 0.3 is 0 Å². The van der Waals surface area contributed by atoms with Gasteiger partial charge in [0.15, 0.2) is 0 Å². The highest BCUT2D eigenvalue weighted by molar-refractivity contribution is 7.91. The molecular formula is C14H16FNO3S2. The Labute approximate surface area is 127 Å². The average molecular weight is 329 g/mol. The van der Waals surface area contributed by atoms with E-state index in [0.29, 0.717) is 10.4 Å². The van der Waals surface area contributed by atoms with Gasteiger partial charge in [-0.1, -0.05) is 12.1 Å². The van der Waals surface area contributed by atoms with Gasteiger partial charge in [0.05, 0.1) is 6.61 Å². The Morgan fingerprint density at radius 3 is 2.62 bits per heavy atom. The Hall–Kier alpha value is -1.28. The van der Waals surface area contributed by atoms with Crippen LogP contribution in [0.1, 0.15) is 16.0 Å². The third-order valence-electron chi connectivity index (χ3n) is 3.10. The van der Waals surface area contributed by atoms with Crippen LogP contribution in [0, 0.1) is 12.7 Å². The molecule has 0 aliphatic heterocycles. The lowest BCUT2D eigenvalue weighted by molar-refractivity contribution is 0.285. The van der Waals surface area contributed by atoms with Gasteiger partial charge in [0, 0.05) is 18.5 Å². The third-order valence-corrected chi connectivity index (χ3v) is 6.57. The van der Waals surface area contributed by atoms with Gasteiger partial charge in [-0.15, -0.1) is 11.3 Å². The molecule has 4 nitrogen and oxygen atoms in total. The van der Waals surface area contributed by atoms with Gasteiger partial charge in [0.2, 0.25) is 0 Å². The Morgan fingerprint density at radius 1 is 1.33 bits per heavy atom. The van der Waals surface area contributed by atoms with Gasteiger partial charge in [-0.25, -0.2) is 12.8 Å². The minimum Gasteiger partial charge on any atom is -0.391 e. The summed E-state index contributed by atoms with van der Waals surface area (Å²) in [5.74, 6) is -0.396. The first-order chi connectivity index (χ1) is 9.84. The second-order valence-electron chi connectivity index (χ2n) is 4.72. The molecule has 0 saturated carbocycles. The smallest absolute Gasteiger partial charge is 0.252 e. The number of thiophene rings is 1. The first-order valence-electron chi connectivity index (χ1n) is 6.25. The lowest BCUT2D eigenvalue weighted by Crippen LogP contribution is -2.25. The number of sulfonamides is 1. The summed E-state index contributed by atoms with van der Waals surface area (Å²) < 4.78 is 39.4. The number of aliphatic hydroxyl groups excluding tert-OH is 1. The number of nitrogens with zero attached hydrogens (tertiary/aromatic N) is 1. The Morgan fingerprint density at radius 2 is 2.05 bits per heavy atom. The predicted octanol–water partition coefficient (Wildman–Crippen LogP) is 2.51. The SMILES string of the molecule is Cc1cc(S(=O)(=O)N(C)Cc2cccc(F)c2)sc1CO. The van der Waals surface area contributed by atoms with Gasteiger partial charge in [0.25, 0.3) is 10.0 Å². The third kappa shape index (κ3) is 3.49. The summed E-state index contributed by atoms with van der Waals surface area (Å²) in [6.07, 6.45) is 0. The number of benzene rings is 1. The summed E-state index contributed by atoms with van der Waals surface area (Å²) in [7, 11) is -2.19. The van der Waals surface area contributed by atoms with E-state index < -0.39 is 15.8 Å². The number of rotatable bonds is 5. The molecule has 1 aromatic carbocycles. The number of hydrogen-bond acceptors (Lipinski definition) is 4. The van der Waals surface area contributed by atoms with Crippen LogP contribution in [-0.4, -0.2) is 24.9 Å². The molecule has 0 atom stereocenters. The first-order valence-corrected chi connectivity index (χ1v) is 8.51. The van der Waals surface area contributed by atoms with Crippen LogP contribution in [0.4, 0.5) is 4.39 Å². The topological polar surface area (TPSA) is 57.6 Å². The van der Waals surface area contributed by atoms with Crippen LogP contribution in [0.2, 0.25) is 0 Å². The van der Waals surface area contributed by atoms with Crippen molar-refractivity contribution in [3.8, 4) is 0 Å². The maximum atomic E-state index is 13.1. The fourth-order valence-corrected chi connectivity index (χ4v) is 4.72. The van der Waals surface area contributed by atoms with Crippen LogP contribution in [0.3, 0.4) is 0 Å². The van der Waals surface area contributed by atoms with Crippen molar-refractivity contribution in [2.45, 2.75) is 24.3 Å². The van der Waals surface area contributed by atoms with E-state index in [9.17, 15) is 12.8 Å². The van der Waals surface area contributed by atoms with Crippen LogP contribution < -0.4 is 0 Å². The van der Waals surface area contributed by atoms with E-state index in [2.05, 4.69) is 0 Å². The number of aryl methyl sites for hydroxylation is 1. The van der Waals surface area contributed by atoms with Crippen molar-refractivity contribution in [2.75, 3.05) is 7.05 Å². The first kappa shape index (κ1) is 16.1. The summed E-state index contributed by atoms with van der Waals surface area (Å²) in [6.45, 7) is 1.67. The van der Waals surface area contributed by atoms with Crippen LogP contribution in [0.5, 0.6) is 0 Å². The molecule has 0 radical (unpaired) electrons. The van der Waals surface area contributed by atoms with E-state index in [-0.39, 0.29) is 17.4 Å². The van der Waals surface area contributed by atoms with Crippen molar-refractivity contribution >= 4 is 21.4 Å². The highest BCUT2D eigenvalue weighted by Gasteiger charge is 2.24. The van der Waals surface area contributed by atoms with E-state index >= 15 is 0 Å². The van der Waals surface area contributed by atoms with Gasteiger partial charge in [-0.2, -0.15) is 4.31 Å². The minimum atomic E-state index is -3.64. The average Bonchev–Trinajstić information content (AvgIpc) is 2.80. The van der Waals surface area contributed by atoms with E-state index in [4.69, 9.17) is 5.11 Å². The largest absolute Gasteiger partial charge is 0.391 e. The Kier molecular flexibility index (Phi) is 4.77. The van der Waals surface area contributed by atoms with Gasteiger partial charge < -0.3 is 5.11 Å². The lowest BCUT2D eigenvalue weighted by atomic mass is 10.2. The molecule has 114 valence electrons. The maximum absolute atomic E-state index is 13.1. The Balaban J connectivity index is 2.26. The molecule has 2 aromatic rings. The fraction of sp³-hybridized carbons (Fsp3) is 0.286. The molecule has 7 heteroatoms. The van der Waals surface area contributed by atoms with E-state index in [0.717, 1.165) is 16.9 Å². The zero-order chi connectivity index (χ0) is 15.6. The van der Waals surface area contributed by atoms with Crippen LogP contribution in [0.15, 0.2) is 34.5 Å². The van der Waals surface area contributed by atoms with Crippen molar-refractivity contribution in [1.82, 2.24) is 4.31 Å². The molecule has 1 N–H and O–H groups in total. The molecule has 1 heterocycles. The van der Waals surface area contributed by atoms with Crippen molar-refractivity contribution in [3.05, 3.63) is 52.2 Å². The van der Waals surface area contributed by atoms with Crippen LogP contribution in [0.25, 0.3) is 0 Å². The second-order valence-corrected chi connectivity index (χ2v) is 8.13. The summed E-state index contributed by atoms with van der Waals surface area (Å²) in [5.41, 5.74) is 1.33. The molecule has 0 fully saturated rings. The summed E-state index contributed by atoms with van der Waals surface area (Å²) >= 11 is 1.05. The van der Waals surface area contributed by atoms with Crippen molar-refractivity contribution in [3.63, 3.8) is 0 Å². The highest BCUT2D eigenvalue weighted by Crippen LogP contribution is 2.28. The van der Waals surface area contributed by atoms with E-state index in [1.807, 2.05) is 0 Å². The zero-order valence-corrected chi connectivity index (χ0v) is 13.3. The van der Waals surface area contributed by atoms with Crippen LogP contribution >= 0.6 is 11.3 Å². The molecule has 0 aliphatic rings. The fourth-order valence-electron chi connectivity index (χ4n) is 1.90. The minimum absolute atomic E-state index is 0.0888. The second kappa shape index (κ2) is 6.23. The van der Waals surface area contributed by atoms with Gasteiger partial charge in [-0.3, -0.25) is 0 Å². The predicted molar refractivity (Wildman–Crippen MR) is 80.0 cm³/mol. The van der Waals surface area contributed by atoms with Crippen molar-refractivity contribution in [2.24, 2.45) is 0 Å². The van der Waals surface area contributed by atoms with E-state index in [1.165, 1.54) is 23.5 Å². The summed E-state index contributed by atoms with van der Waals surface area (Å²) in [6, 6.07) is 7.39. The molecule has 0 saturated heterocycles. The Bertz CT molecular complexity index is 740. The van der Waals surface area contributed by atoms with Crippen LogP contribution in [-0.2, 0) is 23.2 Å². The normalized spacial score (nSPS) is 12.0. The lowest BCUT2D eigenvalue weighted by Gasteiger charge is -2.16. The van der Waals surface area contributed by atoms with Gasteiger partial charge in [0.1, 0.15) is 10.0 Å². The van der Waals surface area contributed by atoms with Crippen molar-refractivity contribution in [1.29, 1.82) is 0 Å². The summed E-state index contributed by atoms with van der Waals surface area (Å²) in [4.78, 5) is 0.632. The van der Waals surface area contributed by atoms with Crippen molar-refractivity contribution < 1.29 is 17.9 Å². The van der Waals surface area contributed by atoms with E-state index in [1.54, 1.807) is 25.1 Å². The number of halogens is 1. The van der Waals surface area contributed by atoms with Gasteiger partial charge in [-0.05, 0) is 36.2 Å². The molecular weight excluding hydrogens is 313 g/mol. The summed E-state index contributed by atoms with van der Waals surface area (Å²) in [5, 5.41) is 9.16. The maximum Gasteiger partial charge on any atom is 0.252 e. The number of aliphatic hydroxyl groups is 1. The molecule has 2 rings (SSSR count). The molecule has 0 aliphatic carbocycles. The quantitative estimate of drug-likeness (QED) is 0.917. The molecule has 0 bridgehead atoms. The molecule has 0 spiro atoms. The standard InChI is InChI=1S/C14H16FNO3S2/c1-10-6-14(20-13(10)9-17)21(18,19)16(2)8-11-4-3-5-12(15)7-11/h3-7,17H,8-9H2,1-2H3. The molecule has 0 amide bonds. The monoisotopic (exact) mass is 329 g/mol. The number of hydrogen-bond donors (Lipinski definition) is 1. The molecule has 21 heavy (non-hydrogen) atoms. The zero-order valence-electron chi connectivity index (χ0n) is 11.7.